The van der Waals surface area contributed by atoms with Gasteiger partial charge in [-0.25, -0.2) is 0 Å². The van der Waals surface area contributed by atoms with E-state index in [-0.39, 0.29) is 5.84 Å². The van der Waals surface area contributed by atoms with Crippen molar-refractivity contribution < 1.29 is 9.94 Å². The van der Waals surface area contributed by atoms with E-state index in [9.17, 15) is 0 Å². The number of nitrogens with zero attached hydrogens (tertiary/aromatic N) is 1. The van der Waals surface area contributed by atoms with E-state index in [2.05, 4.69) is 41.0 Å². The van der Waals surface area contributed by atoms with Crippen molar-refractivity contribution in [2.24, 2.45) is 10.9 Å². The summed E-state index contributed by atoms with van der Waals surface area (Å²) in [5.41, 5.74) is 7.41. The van der Waals surface area contributed by atoms with Crippen molar-refractivity contribution in [3.8, 4) is 11.5 Å². The van der Waals surface area contributed by atoms with E-state index in [1.807, 2.05) is 24.3 Å². The van der Waals surface area contributed by atoms with Crippen molar-refractivity contribution in [2.45, 2.75) is 19.8 Å². The van der Waals surface area contributed by atoms with E-state index in [4.69, 9.17) is 15.7 Å². The minimum absolute atomic E-state index is 0.00585. The fourth-order valence-electron chi connectivity index (χ4n) is 1.91. The third-order valence-corrected chi connectivity index (χ3v) is 3.57. The molecule has 0 bridgehead atoms. The van der Waals surface area contributed by atoms with E-state index in [1.54, 1.807) is 12.1 Å². The molecule has 2 aromatic carbocycles. The fraction of sp³-hybridized carbons (Fsp3) is 0.188. The molecule has 0 saturated carbocycles. The van der Waals surface area contributed by atoms with Crippen molar-refractivity contribution in [3.63, 3.8) is 0 Å². The van der Waals surface area contributed by atoms with Crippen LogP contribution in [0.3, 0.4) is 0 Å². The molecular formula is C16H17BrN2O2. The molecule has 0 amide bonds. The first-order chi connectivity index (χ1) is 10.0. The van der Waals surface area contributed by atoms with E-state index < -0.39 is 0 Å². The highest BCUT2D eigenvalue weighted by Gasteiger charge is 2.11. The molecule has 21 heavy (non-hydrogen) atoms. The van der Waals surface area contributed by atoms with Gasteiger partial charge in [0, 0.05) is 4.47 Å². The fourth-order valence-corrected chi connectivity index (χ4v) is 2.27. The lowest BCUT2D eigenvalue weighted by Gasteiger charge is -2.12. The van der Waals surface area contributed by atoms with Crippen LogP contribution in [-0.4, -0.2) is 11.0 Å². The summed E-state index contributed by atoms with van der Waals surface area (Å²) in [7, 11) is 0. The molecular weight excluding hydrogens is 332 g/mol. The summed E-state index contributed by atoms with van der Waals surface area (Å²) >= 11 is 3.36. The second-order valence-corrected chi connectivity index (χ2v) is 5.87. The molecule has 0 aliphatic carbocycles. The van der Waals surface area contributed by atoms with Crippen LogP contribution < -0.4 is 10.5 Å². The van der Waals surface area contributed by atoms with Crippen molar-refractivity contribution in [3.05, 3.63) is 58.1 Å². The highest BCUT2D eigenvalue weighted by atomic mass is 79.9. The predicted octanol–water partition coefficient (Wildman–Crippen LogP) is 4.46. The smallest absolute Gasteiger partial charge is 0.173 e. The number of oxime groups is 1. The number of hydrogen-bond donors (Lipinski definition) is 2. The lowest BCUT2D eigenvalue weighted by molar-refractivity contribution is 0.318. The number of amidine groups is 1. The zero-order valence-electron chi connectivity index (χ0n) is 11.9. The maximum Gasteiger partial charge on any atom is 0.173 e. The minimum Gasteiger partial charge on any atom is -0.457 e. The van der Waals surface area contributed by atoms with Gasteiger partial charge in [0.2, 0.25) is 0 Å². The van der Waals surface area contributed by atoms with E-state index in [1.165, 1.54) is 5.56 Å². The van der Waals surface area contributed by atoms with Crippen LogP contribution in [0.2, 0.25) is 0 Å². The second-order valence-electron chi connectivity index (χ2n) is 4.95. The largest absolute Gasteiger partial charge is 0.457 e. The number of benzene rings is 2. The van der Waals surface area contributed by atoms with Gasteiger partial charge in [0.25, 0.3) is 0 Å². The average molecular weight is 349 g/mol. The number of nitrogens with two attached hydrogens (primary N) is 1. The Kier molecular flexibility index (Phi) is 4.85. The van der Waals surface area contributed by atoms with Gasteiger partial charge in [-0.1, -0.05) is 47.1 Å². The van der Waals surface area contributed by atoms with Gasteiger partial charge in [-0.05, 0) is 41.8 Å². The quantitative estimate of drug-likeness (QED) is 0.371. The molecule has 3 N–H and O–H groups in total. The van der Waals surface area contributed by atoms with Gasteiger partial charge in [-0.3, -0.25) is 0 Å². The molecule has 0 aliphatic heterocycles. The Bertz CT molecular complexity index is 669. The molecule has 0 atom stereocenters. The predicted molar refractivity (Wildman–Crippen MR) is 87.3 cm³/mol. The number of hydrogen-bond acceptors (Lipinski definition) is 3. The first-order valence-corrected chi connectivity index (χ1v) is 7.36. The first kappa shape index (κ1) is 15.4. The SMILES string of the molecule is CC(C)c1cccc(Oc2ccc(Br)cc2/C(N)=N/O)c1. The molecule has 0 spiro atoms. The Morgan fingerprint density at radius 3 is 2.67 bits per heavy atom. The Labute approximate surface area is 132 Å². The summed E-state index contributed by atoms with van der Waals surface area (Å²) < 4.78 is 6.71. The Balaban J connectivity index is 2.38. The molecule has 0 aromatic heterocycles. The molecule has 0 heterocycles. The molecule has 0 fully saturated rings. The topological polar surface area (TPSA) is 67.8 Å². The molecule has 0 aliphatic rings. The van der Waals surface area contributed by atoms with Gasteiger partial charge < -0.3 is 15.7 Å². The molecule has 0 unspecified atom stereocenters. The Morgan fingerprint density at radius 1 is 1.24 bits per heavy atom. The van der Waals surface area contributed by atoms with Gasteiger partial charge in [-0.2, -0.15) is 0 Å². The standard InChI is InChI=1S/C16H17BrN2O2/c1-10(2)11-4-3-5-13(8-11)21-15-7-6-12(17)9-14(15)16(18)19-20/h3-10,20H,1-2H3,(H2,18,19). The summed E-state index contributed by atoms with van der Waals surface area (Å²) in [5.74, 6) is 1.68. The van der Waals surface area contributed by atoms with Crippen LogP contribution in [0.15, 0.2) is 52.1 Å². The van der Waals surface area contributed by atoms with E-state index >= 15 is 0 Å². The molecule has 5 heteroatoms. The molecule has 2 aromatic rings. The Hall–Kier alpha value is -2.01. The van der Waals surface area contributed by atoms with Gasteiger partial charge in [0.15, 0.2) is 5.84 Å². The monoisotopic (exact) mass is 348 g/mol. The van der Waals surface area contributed by atoms with Crippen LogP contribution in [0.1, 0.15) is 30.9 Å². The Morgan fingerprint density at radius 2 is 2.00 bits per heavy atom. The van der Waals surface area contributed by atoms with Crippen molar-refractivity contribution in [2.75, 3.05) is 0 Å². The van der Waals surface area contributed by atoms with Crippen molar-refractivity contribution >= 4 is 21.8 Å². The minimum atomic E-state index is 0.00585. The van der Waals surface area contributed by atoms with Crippen LogP contribution in [0, 0.1) is 0 Å². The maximum atomic E-state index is 8.88. The third-order valence-electron chi connectivity index (χ3n) is 3.08. The highest BCUT2D eigenvalue weighted by Crippen LogP contribution is 2.29. The van der Waals surface area contributed by atoms with Gasteiger partial charge >= 0.3 is 0 Å². The summed E-state index contributed by atoms with van der Waals surface area (Å²) in [6.07, 6.45) is 0. The van der Waals surface area contributed by atoms with Crippen LogP contribution in [0.25, 0.3) is 0 Å². The molecule has 4 nitrogen and oxygen atoms in total. The lowest BCUT2D eigenvalue weighted by atomic mass is 10.0. The van der Waals surface area contributed by atoms with Gasteiger partial charge in [0.05, 0.1) is 5.56 Å². The van der Waals surface area contributed by atoms with Crippen LogP contribution >= 0.6 is 15.9 Å². The molecule has 2 rings (SSSR count). The summed E-state index contributed by atoms with van der Waals surface area (Å²) in [6, 6.07) is 13.2. The first-order valence-electron chi connectivity index (χ1n) is 6.56. The van der Waals surface area contributed by atoms with E-state index in [0.717, 1.165) is 10.2 Å². The molecule has 0 saturated heterocycles. The summed E-state index contributed by atoms with van der Waals surface area (Å²) in [6.45, 7) is 4.25. The number of rotatable bonds is 4. The molecule has 110 valence electrons. The third kappa shape index (κ3) is 3.76. The van der Waals surface area contributed by atoms with Gasteiger partial charge in [0.1, 0.15) is 11.5 Å². The average Bonchev–Trinajstić information content (AvgIpc) is 2.48. The van der Waals surface area contributed by atoms with Crippen molar-refractivity contribution in [1.82, 2.24) is 0 Å². The summed E-state index contributed by atoms with van der Waals surface area (Å²) in [4.78, 5) is 0. The highest BCUT2D eigenvalue weighted by molar-refractivity contribution is 9.10. The lowest BCUT2D eigenvalue weighted by Crippen LogP contribution is -2.14. The van der Waals surface area contributed by atoms with Crippen molar-refractivity contribution in [1.29, 1.82) is 0 Å². The zero-order chi connectivity index (χ0) is 15.4. The van der Waals surface area contributed by atoms with E-state index in [0.29, 0.717) is 17.2 Å². The second kappa shape index (κ2) is 6.63. The number of halogens is 1. The summed E-state index contributed by atoms with van der Waals surface area (Å²) in [5, 5.41) is 11.9. The normalized spacial score (nSPS) is 11.7. The maximum absolute atomic E-state index is 8.88. The zero-order valence-corrected chi connectivity index (χ0v) is 13.5. The van der Waals surface area contributed by atoms with Crippen LogP contribution in [0.4, 0.5) is 0 Å². The van der Waals surface area contributed by atoms with Gasteiger partial charge in [-0.15, -0.1) is 0 Å². The molecule has 0 radical (unpaired) electrons. The number of ether oxygens (including phenoxy) is 1. The van der Waals surface area contributed by atoms with Crippen LogP contribution in [-0.2, 0) is 0 Å². The van der Waals surface area contributed by atoms with Crippen LogP contribution in [0.5, 0.6) is 11.5 Å².